The largest absolute Gasteiger partial charge is 0.340 e. The topological polar surface area (TPSA) is 63.4 Å². The molecular weight excluding hydrogens is 378 g/mol. The zero-order chi connectivity index (χ0) is 21.4. The number of aromatic nitrogens is 3. The Labute approximate surface area is 176 Å². The van der Waals surface area contributed by atoms with E-state index >= 15 is 0 Å². The Morgan fingerprint density at radius 1 is 1.03 bits per heavy atom. The fourth-order valence-electron chi connectivity index (χ4n) is 4.36. The number of pyridine rings is 1. The number of para-hydroxylation sites is 1. The van der Waals surface area contributed by atoms with Crippen molar-refractivity contribution >= 4 is 16.9 Å². The van der Waals surface area contributed by atoms with E-state index in [9.17, 15) is 9.59 Å². The zero-order valence-electron chi connectivity index (χ0n) is 18.2. The molecule has 0 bridgehead atoms. The summed E-state index contributed by atoms with van der Waals surface area (Å²) in [6.45, 7) is 7.26. The molecule has 2 aromatic heterocycles. The van der Waals surface area contributed by atoms with Crippen molar-refractivity contribution in [1.29, 1.82) is 0 Å². The van der Waals surface area contributed by atoms with Crippen LogP contribution in [0.15, 0.2) is 35.1 Å². The number of carbonyl (C=O) groups excluding carboxylic acids is 1. The molecule has 0 unspecified atom stereocenters. The van der Waals surface area contributed by atoms with Crippen molar-refractivity contribution in [3.63, 3.8) is 0 Å². The molecule has 0 atom stereocenters. The molecular formula is C23H29N5O2. The molecule has 1 amide bonds. The molecule has 0 radical (unpaired) electrons. The zero-order valence-corrected chi connectivity index (χ0v) is 18.2. The van der Waals surface area contributed by atoms with Crippen LogP contribution in [-0.4, -0.2) is 63.3 Å². The Balaban J connectivity index is 1.68. The number of aryl methyl sites for hydroxylation is 3. The maximum Gasteiger partial charge on any atom is 0.255 e. The number of hydrogen-bond acceptors (Lipinski definition) is 4. The van der Waals surface area contributed by atoms with Crippen molar-refractivity contribution in [3.05, 3.63) is 57.5 Å². The Hall–Kier alpha value is -2.93. The average Bonchev–Trinajstić information content (AvgIpc) is 3.10. The van der Waals surface area contributed by atoms with Gasteiger partial charge in [0.15, 0.2) is 0 Å². The second-order valence-electron chi connectivity index (χ2n) is 8.18. The van der Waals surface area contributed by atoms with Gasteiger partial charge in [0.2, 0.25) is 5.91 Å². The highest BCUT2D eigenvalue weighted by molar-refractivity contribution is 5.85. The molecule has 7 heteroatoms. The maximum atomic E-state index is 13.2. The minimum atomic E-state index is -0.0525. The molecule has 0 N–H and O–H groups in total. The molecule has 0 spiro atoms. The highest BCUT2D eigenvalue weighted by Crippen LogP contribution is 2.25. The van der Waals surface area contributed by atoms with Gasteiger partial charge in [-0.05, 0) is 45.0 Å². The molecule has 158 valence electrons. The van der Waals surface area contributed by atoms with Crippen LogP contribution in [-0.2, 0) is 18.3 Å². The van der Waals surface area contributed by atoms with Gasteiger partial charge < -0.3 is 9.80 Å². The summed E-state index contributed by atoms with van der Waals surface area (Å²) in [6.07, 6.45) is 0.812. The average molecular weight is 408 g/mol. The van der Waals surface area contributed by atoms with Gasteiger partial charge in [-0.2, -0.15) is 5.10 Å². The lowest BCUT2D eigenvalue weighted by Crippen LogP contribution is -2.47. The van der Waals surface area contributed by atoms with Crippen molar-refractivity contribution in [2.75, 3.05) is 33.2 Å². The Morgan fingerprint density at radius 2 is 1.70 bits per heavy atom. The molecule has 3 aromatic rings. The first-order chi connectivity index (χ1) is 14.4. The van der Waals surface area contributed by atoms with Crippen LogP contribution in [0.1, 0.15) is 23.2 Å². The van der Waals surface area contributed by atoms with Gasteiger partial charge in [-0.3, -0.25) is 14.2 Å². The monoisotopic (exact) mass is 407 g/mol. The van der Waals surface area contributed by atoms with Crippen molar-refractivity contribution in [2.45, 2.75) is 26.7 Å². The molecule has 0 saturated carbocycles. The number of nitrogens with zero attached hydrogens (tertiary/aromatic N) is 5. The van der Waals surface area contributed by atoms with Gasteiger partial charge >= 0.3 is 0 Å². The minimum Gasteiger partial charge on any atom is -0.340 e. The number of piperazine rings is 1. The van der Waals surface area contributed by atoms with E-state index < -0.39 is 0 Å². The van der Waals surface area contributed by atoms with E-state index in [-0.39, 0.29) is 11.5 Å². The first-order valence-electron chi connectivity index (χ1n) is 10.5. The summed E-state index contributed by atoms with van der Waals surface area (Å²) in [6, 6.07) is 9.84. The third-order valence-electron chi connectivity index (χ3n) is 6.19. The molecule has 1 aromatic carbocycles. The Kier molecular flexibility index (Phi) is 5.47. The summed E-state index contributed by atoms with van der Waals surface area (Å²) < 4.78 is 3.50. The summed E-state index contributed by atoms with van der Waals surface area (Å²) in [7, 11) is 3.86. The minimum absolute atomic E-state index is 0.0525. The summed E-state index contributed by atoms with van der Waals surface area (Å²) in [5.74, 6) is 0.126. The van der Waals surface area contributed by atoms with Crippen LogP contribution < -0.4 is 5.56 Å². The fraction of sp³-hybridized carbons (Fsp3) is 0.435. The highest BCUT2D eigenvalue weighted by atomic mass is 16.2. The van der Waals surface area contributed by atoms with E-state index in [0.717, 1.165) is 54.2 Å². The quantitative estimate of drug-likeness (QED) is 0.664. The smallest absolute Gasteiger partial charge is 0.255 e. The summed E-state index contributed by atoms with van der Waals surface area (Å²) in [5.41, 5.74) is 4.18. The van der Waals surface area contributed by atoms with E-state index in [4.69, 9.17) is 5.10 Å². The molecule has 1 saturated heterocycles. The third kappa shape index (κ3) is 3.54. The van der Waals surface area contributed by atoms with Gasteiger partial charge in [0.25, 0.3) is 5.56 Å². The lowest BCUT2D eigenvalue weighted by molar-refractivity contribution is -0.132. The highest BCUT2D eigenvalue weighted by Gasteiger charge is 2.22. The Bertz CT molecular complexity index is 1140. The molecule has 1 aliphatic rings. The van der Waals surface area contributed by atoms with Gasteiger partial charge in [0.05, 0.1) is 11.4 Å². The Morgan fingerprint density at radius 3 is 2.37 bits per heavy atom. The van der Waals surface area contributed by atoms with E-state index in [2.05, 4.69) is 11.9 Å². The van der Waals surface area contributed by atoms with Crippen molar-refractivity contribution in [2.24, 2.45) is 7.05 Å². The van der Waals surface area contributed by atoms with Gasteiger partial charge in [-0.15, -0.1) is 0 Å². The van der Waals surface area contributed by atoms with Gasteiger partial charge in [0.1, 0.15) is 5.65 Å². The predicted molar refractivity (Wildman–Crippen MR) is 118 cm³/mol. The fourth-order valence-corrected chi connectivity index (χ4v) is 4.36. The molecule has 4 rings (SSSR count). The lowest BCUT2D eigenvalue weighted by Gasteiger charge is -2.32. The van der Waals surface area contributed by atoms with Crippen LogP contribution in [0.4, 0.5) is 0 Å². The molecule has 1 aliphatic heterocycles. The number of likely N-dealkylation sites (N-methyl/N-ethyl adjacent to an activating group) is 1. The number of amides is 1. The van der Waals surface area contributed by atoms with Crippen molar-refractivity contribution in [3.8, 4) is 5.69 Å². The standard InChI is InChI=1S/C23H29N5O2/c1-16-19(10-11-20(29)27-14-12-25(3)13-15-27)23(30)26(4)22-21(16)17(2)24-28(22)18-8-6-5-7-9-18/h5-9H,10-15H2,1-4H3. The second kappa shape index (κ2) is 8.07. The molecule has 7 nitrogen and oxygen atoms in total. The van der Waals surface area contributed by atoms with E-state index in [1.165, 1.54) is 0 Å². The second-order valence-corrected chi connectivity index (χ2v) is 8.18. The van der Waals surface area contributed by atoms with Crippen LogP contribution in [0, 0.1) is 13.8 Å². The number of benzene rings is 1. The normalized spacial score (nSPS) is 15.1. The number of rotatable bonds is 4. The van der Waals surface area contributed by atoms with Crippen LogP contribution in [0.3, 0.4) is 0 Å². The van der Waals surface area contributed by atoms with E-state index in [0.29, 0.717) is 18.4 Å². The van der Waals surface area contributed by atoms with E-state index in [1.54, 1.807) is 11.6 Å². The van der Waals surface area contributed by atoms with Gasteiger partial charge in [0, 0.05) is 50.6 Å². The van der Waals surface area contributed by atoms with Crippen LogP contribution >= 0.6 is 0 Å². The third-order valence-corrected chi connectivity index (χ3v) is 6.19. The van der Waals surface area contributed by atoms with Gasteiger partial charge in [-0.1, -0.05) is 18.2 Å². The van der Waals surface area contributed by atoms with Crippen LogP contribution in [0.2, 0.25) is 0 Å². The molecule has 3 heterocycles. The van der Waals surface area contributed by atoms with Gasteiger partial charge in [-0.25, -0.2) is 4.68 Å². The first kappa shape index (κ1) is 20.3. The molecule has 1 fully saturated rings. The number of fused-ring (bicyclic) bond motifs is 1. The molecule has 30 heavy (non-hydrogen) atoms. The maximum absolute atomic E-state index is 13.2. The van der Waals surface area contributed by atoms with Crippen molar-refractivity contribution < 1.29 is 4.79 Å². The lowest BCUT2D eigenvalue weighted by atomic mass is 10.0. The number of carbonyl (C=O) groups is 1. The first-order valence-corrected chi connectivity index (χ1v) is 10.5. The molecule has 0 aliphatic carbocycles. The van der Waals surface area contributed by atoms with Crippen LogP contribution in [0.25, 0.3) is 16.7 Å². The summed E-state index contributed by atoms with van der Waals surface area (Å²) in [4.78, 5) is 30.0. The summed E-state index contributed by atoms with van der Waals surface area (Å²) >= 11 is 0. The SMILES string of the molecule is Cc1nn(-c2ccccc2)c2c1c(C)c(CCC(=O)N1CCN(C)CC1)c(=O)n2C. The van der Waals surface area contributed by atoms with E-state index in [1.807, 2.05) is 53.8 Å². The predicted octanol–water partition coefficient (Wildman–Crippen LogP) is 2.05. The van der Waals surface area contributed by atoms with Crippen molar-refractivity contribution in [1.82, 2.24) is 24.1 Å². The summed E-state index contributed by atoms with van der Waals surface area (Å²) in [5, 5.41) is 5.71. The number of hydrogen-bond donors (Lipinski definition) is 0. The van der Waals surface area contributed by atoms with Crippen LogP contribution in [0.5, 0.6) is 0 Å².